The van der Waals surface area contributed by atoms with Gasteiger partial charge in [0.25, 0.3) is 5.91 Å². The van der Waals surface area contributed by atoms with Crippen LogP contribution in [0.5, 0.6) is 5.75 Å². The summed E-state index contributed by atoms with van der Waals surface area (Å²) >= 11 is 0. The Morgan fingerprint density at radius 3 is 2.55 bits per heavy atom. The van der Waals surface area contributed by atoms with E-state index in [-0.39, 0.29) is 11.8 Å². The zero-order valence-electron chi connectivity index (χ0n) is 20.0. The number of aromatic amines is 1. The van der Waals surface area contributed by atoms with Crippen molar-refractivity contribution in [1.29, 1.82) is 0 Å². The summed E-state index contributed by atoms with van der Waals surface area (Å²) < 4.78 is 5.90. The van der Waals surface area contributed by atoms with Crippen molar-refractivity contribution in [3.63, 3.8) is 0 Å². The van der Waals surface area contributed by atoms with Gasteiger partial charge in [0, 0.05) is 56.5 Å². The lowest BCUT2D eigenvalue weighted by molar-refractivity contribution is 0.0790. The lowest BCUT2D eigenvalue weighted by Gasteiger charge is -2.17. The number of H-pyrrole nitrogens is 1. The van der Waals surface area contributed by atoms with Crippen LogP contribution in [-0.4, -0.2) is 54.8 Å². The zero-order valence-corrected chi connectivity index (χ0v) is 20.0. The summed E-state index contributed by atoms with van der Waals surface area (Å²) in [4.78, 5) is 16.9. The third-order valence-electron chi connectivity index (χ3n) is 6.36. The average molecular weight is 447 g/mol. The molecule has 1 aromatic heterocycles. The minimum absolute atomic E-state index is 0.0930. The predicted molar refractivity (Wildman–Crippen MR) is 132 cm³/mol. The van der Waals surface area contributed by atoms with Gasteiger partial charge in [0.1, 0.15) is 5.75 Å². The highest BCUT2D eigenvalue weighted by Gasteiger charge is 2.29. The number of anilines is 1. The maximum absolute atomic E-state index is 12.9. The molecular formula is C27H34N4O2. The van der Waals surface area contributed by atoms with Crippen molar-refractivity contribution in [1.82, 2.24) is 15.1 Å². The summed E-state index contributed by atoms with van der Waals surface area (Å²) in [7, 11) is 3.99. The largest absolute Gasteiger partial charge is 0.493 e. The van der Waals surface area contributed by atoms with E-state index in [2.05, 4.69) is 42.2 Å². The van der Waals surface area contributed by atoms with Gasteiger partial charge in [-0.05, 0) is 60.4 Å². The monoisotopic (exact) mass is 446 g/mol. The van der Waals surface area contributed by atoms with Crippen molar-refractivity contribution in [2.24, 2.45) is 0 Å². The summed E-state index contributed by atoms with van der Waals surface area (Å²) in [6.45, 7) is 6.44. The Labute approximate surface area is 196 Å². The number of nitrogens with one attached hydrogen (secondary N) is 1. The second kappa shape index (κ2) is 10.1. The number of hydrogen-bond donors (Lipinski definition) is 1. The first-order valence-corrected chi connectivity index (χ1v) is 11.7. The van der Waals surface area contributed by atoms with Crippen LogP contribution in [0.3, 0.4) is 0 Å². The summed E-state index contributed by atoms with van der Waals surface area (Å²) in [5.74, 6) is 1.77. The van der Waals surface area contributed by atoms with Gasteiger partial charge in [-0.25, -0.2) is 0 Å². The van der Waals surface area contributed by atoms with Crippen LogP contribution in [0.25, 0.3) is 0 Å². The Kier molecular flexibility index (Phi) is 7.02. The number of amides is 1. The van der Waals surface area contributed by atoms with E-state index in [1.54, 1.807) is 0 Å². The van der Waals surface area contributed by atoms with Gasteiger partial charge < -0.3 is 14.5 Å². The molecular weight excluding hydrogens is 412 g/mol. The van der Waals surface area contributed by atoms with Gasteiger partial charge in [-0.15, -0.1) is 0 Å². The Bertz CT molecular complexity index is 1050. The SMILES string of the molecule is CC(C)c1ccc(OCCc2cc([C@@H]3CCN(C(=O)c4ccc(N(C)C)cc4)C3)n[nH]2)cc1. The molecule has 1 aliphatic rings. The number of nitrogens with zero attached hydrogens (tertiary/aromatic N) is 3. The number of hydrogen-bond acceptors (Lipinski definition) is 4. The molecule has 1 N–H and O–H groups in total. The van der Waals surface area contributed by atoms with Gasteiger partial charge in [0.15, 0.2) is 0 Å². The molecule has 1 atom stereocenters. The number of benzene rings is 2. The Morgan fingerprint density at radius 2 is 1.88 bits per heavy atom. The molecule has 1 saturated heterocycles. The third-order valence-corrected chi connectivity index (χ3v) is 6.36. The van der Waals surface area contributed by atoms with E-state index in [4.69, 9.17) is 4.74 Å². The van der Waals surface area contributed by atoms with Crippen LogP contribution in [0, 0.1) is 0 Å². The molecule has 6 nitrogen and oxygen atoms in total. The van der Waals surface area contributed by atoms with Gasteiger partial charge in [0.05, 0.1) is 12.3 Å². The molecule has 3 aromatic rings. The fourth-order valence-electron chi connectivity index (χ4n) is 4.22. The van der Waals surface area contributed by atoms with Crippen molar-refractivity contribution in [2.45, 2.75) is 38.5 Å². The normalized spacial score (nSPS) is 15.8. The molecule has 2 heterocycles. The van der Waals surface area contributed by atoms with Gasteiger partial charge in [-0.3, -0.25) is 9.89 Å². The van der Waals surface area contributed by atoms with E-state index in [0.29, 0.717) is 19.1 Å². The molecule has 4 rings (SSSR count). The van der Waals surface area contributed by atoms with Gasteiger partial charge >= 0.3 is 0 Å². The quantitative estimate of drug-likeness (QED) is 0.537. The predicted octanol–water partition coefficient (Wildman–Crippen LogP) is 4.85. The van der Waals surface area contributed by atoms with Gasteiger partial charge in [-0.2, -0.15) is 5.10 Å². The number of ether oxygens (including phenoxy) is 1. The molecule has 33 heavy (non-hydrogen) atoms. The second-order valence-corrected chi connectivity index (χ2v) is 9.32. The Morgan fingerprint density at radius 1 is 1.15 bits per heavy atom. The topological polar surface area (TPSA) is 61.5 Å². The first-order chi connectivity index (χ1) is 15.9. The maximum Gasteiger partial charge on any atom is 0.253 e. The van der Waals surface area contributed by atoms with E-state index in [1.807, 2.05) is 60.3 Å². The number of carbonyl (C=O) groups is 1. The van der Waals surface area contributed by atoms with E-state index in [1.165, 1.54) is 5.56 Å². The first-order valence-electron chi connectivity index (χ1n) is 11.7. The van der Waals surface area contributed by atoms with Crippen LogP contribution in [0.2, 0.25) is 0 Å². The van der Waals surface area contributed by atoms with E-state index in [9.17, 15) is 4.79 Å². The van der Waals surface area contributed by atoms with Crippen LogP contribution in [-0.2, 0) is 6.42 Å². The lowest BCUT2D eigenvalue weighted by atomic mass is 10.0. The number of aromatic nitrogens is 2. The molecule has 1 amide bonds. The molecule has 1 aliphatic heterocycles. The van der Waals surface area contributed by atoms with E-state index < -0.39 is 0 Å². The fourth-order valence-corrected chi connectivity index (χ4v) is 4.22. The van der Waals surface area contributed by atoms with Crippen LogP contribution in [0.1, 0.15) is 59.4 Å². The fraction of sp³-hybridized carbons (Fsp3) is 0.407. The maximum atomic E-state index is 12.9. The highest BCUT2D eigenvalue weighted by molar-refractivity contribution is 5.94. The minimum Gasteiger partial charge on any atom is -0.493 e. The Balaban J connectivity index is 1.27. The lowest BCUT2D eigenvalue weighted by Crippen LogP contribution is -2.28. The Hall–Kier alpha value is -3.28. The standard InChI is InChI=1S/C27H34N4O2/c1-19(2)20-7-11-25(12-8-20)33-16-14-23-17-26(29-28-23)22-13-15-31(18-22)27(32)21-5-9-24(10-6-21)30(3)4/h5-12,17,19,22H,13-16,18H2,1-4H3,(H,28,29)/t22-/m1/s1. The van der Waals surface area contributed by atoms with Crippen LogP contribution in [0.4, 0.5) is 5.69 Å². The molecule has 0 radical (unpaired) electrons. The first kappa shape index (κ1) is 22.9. The molecule has 6 heteroatoms. The van der Waals surface area contributed by atoms with Crippen molar-refractivity contribution in [3.8, 4) is 5.75 Å². The van der Waals surface area contributed by atoms with E-state index in [0.717, 1.165) is 47.8 Å². The van der Waals surface area contributed by atoms with E-state index >= 15 is 0 Å². The van der Waals surface area contributed by atoms with Crippen molar-refractivity contribution >= 4 is 11.6 Å². The van der Waals surface area contributed by atoms with Crippen molar-refractivity contribution < 1.29 is 9.53 Å². The molecule has 0 aliphatic carbocycles. The molecule has 0 spiro atoms. The highest BCUT2D eigenvalue weighted by atomic mass is 16.5. The molecule has 1 fully saturated rings. The summed E-state index contributed by atoms with van der Waals surface area (Å²) in [5.41, 5.74) is 5.24. The number of rotatable bonds is 8. The third kappa shape index (κ3) is 5.56. The smallest absolute Gasteiger partial charge is 0.253 e. The minimum atomic E-state index is 0.0930. The summed E-state index contributed by atoms with van der Waals surface area (Å²) in [6, 6.07) is 18.2. The van der Waals surface area contributed by atoms with Crippen LogP contribution < -0.4 is 9.64 Å². The molecule has 2 aromatic carbocycles. The molecule has 0 bridgehead atoms. The van der Waals surface area contributed by atoms with Crippen molar-refractivity contribution in [2.75, 3.05) is 38.7 Å². The highest BCUT2D eigenvalue weighted by Crippen LogP contribution is 2.28. The molecule has 0 unspecified atom stereocenters. The van der Waals surface area contributed by atoms with Crippen molar-refractivity contribution in [3.05, 3.63) is 77.1 Å². The summed E-state index contributed by atoms with van der Waals surface area (Å²) in [5, 5.41) is 7.68. The average Bonchev–Trinajstić information content (AvgIpc) is 3.49. The molecule has 0 saturated carbocycles. The van der Waals surface area contributed by atoms with Gasteiger partial charge in [-0.1, -0.05) is 26.0 Å². The molecule has 174 valence electrons. The van der Waals surface area contributed by atoms with Crippen LogP contribution >= 0.6 is 0 Å². The van der Waals surface area contributed by atoms with Crippen LogP contribution in [0.15, 0.2) is 54.6 Å². The summed E-state index contributed by atoms with van der Waals surface area (Å²) in [6.07, 6.45) is 1.71. The second-order valence-electron chi connectivity index (χ2n) is 9.32. The van der Waals surface area contributed by atoms with Gasteiger partial charge in [0.2, 0.25) is 0 Å². The number of carbonyl (C=O) groups excluding carboxylic acids is 1. The zero-order chi connectivity index (χ0) is 23.4. The number of likely N-dealkylation sites (tertiary alicyclic amines) is 1.